The van der Waals surface area contributed by atoms with Crippen molar-refractivity contribution in [3.05, 3.63) is 59.0 Å². The Kier molecular flexibility index (Phi) is 5.26. The van der Waals surface area contributed by atoms with Crippen molar-refractivity contribution in [1.29, 1.82) is 0 Å². The van der Waals surface area contributed by atoms with Crippen LogP contribution in [0.4, 0.5) is 9.18 Å². The van der Waals surface area contributed by atoms with E-state index in [2.05, 4.69) is 11.9 Å². The van der Waals surface area contributed by atoms with Crippen LogP contribution in [0.3, 0.4) is 0 Å². The highest BCUT2D eigenvalue weighted by atomic mass is 19.1. The van der Waals surface area contributed by atoms with E-state index in [0.717, 1.165) is 19.3 Å². The van der Waals surface area contributed by atoms with Crippen molar-refractivity contribution in [2.24, 2.45) is 0 Å². The lowest BCUT2D eigenvalue weighted by atomic mass is 9.81. The van der Waals surface area contributed by atoms with Crippen LogP contribution >= 0.6 is 0 Å². The van der Waals surface area contributed by atoms with E-state index in [4.69, 9.17) is 4.74 Å². The van der Waals surface area contributed by atoms with Crippen molar-refractivity contribution >= 4 is 22.8 Å². The van der Waals surface area contributed by atoms with Gasteiger partial charge in [-0.2, -0.15) is 0 Å². The summed E-state index contributed by atoms with van der Waals surface area (Å²) >= 11 is 0. The number of imide groups is 1. The molecule has 3 amide bonds. The summed E-state index contributed by atoms with van der Waals surface area (Å²) in [5.41, 5.74) is 1.31. The number of carbonyl (C=O) groups is 2. The minimum absolute atomic E-state index is 0.0491. The number of aromatic amines is 1. The van der Waals surface area contributed by atoms with Crippen molar-refractivity contribution in [3.63, 3.8) is 0 Å². The third-order valence-electron chi connectivity index (χ3n) is 7.12. The van der Waals surface area contributed by atoms with Crippen LogP contribution in [0, 0.1) is 5.82 Å². The number of phenols is 1. The second kappa shape index (κ2) is 8.04. The quantitative estimate of drug-likeness (QED) is 0.401. The number of nitrogens with one attached hydrogen (secondary N) is 1. The van der Waals surface area contributed by atoms with E-state index >= 15 is 4.39 Å². The topological polar surface area (TPSA) is 85.9 Å². The summed E-state index contributed by atoms with van der Waals surface area (Å²) in [6.07, 6.45) is 2.80. The van der Waals surface area contributed by atoms with Crippen LogP contribution in [0.1, 0.15) is 56.0 Å². The number of unbranched alkanes of at least 4 members (excludes halogenated alkanes) is 2. The zero-order valence-electron chi connectivity index (χ0n) is 19.5. The summed E-state index contributed by atoms with van der Waals surface area (Å²) < 4.78 is 20.6. The van der Waals surface area contributed by atoms with Crippen LogP contribution in [0.5, 0.6) is 11.5 Å². The smallest absolute Gasteiger partial charge is 0.328 e. The Balaban J connectivity index is 1.73. The van der Waals surface area contributed by atoms with Crippen LogP contribution in [-0.4, -0.2) is 51.0 Å². The van der Waals surface area contributed by atoms with Gasteiger partial charge in [0, 0.05) is 29.6 Å². The van der Waals surface area contributed by atoms with Crippen molar-refractivity contribution in [2.75, 3.05) is 13.7 Å². The summed E-state index contributed by atoms with van der Waals surface area (Å²) in [7, 11) is 1.41. The first-order valence-electron chi connectivity index (χ1n) is 11.6. The third-order valence-corrected chi connectivity index (χ3v) is 7.12. The molecule has 2 aliphatic heterocycles. The highest BCUT2D eigenvalue weighted by Gasteiger charge is 2.60. The van der Waals surface area contributed by atoms with Crippen LogP contribution in [0.25, 0.3) is 10.9 Å². The van der Waals surface area contributed by atoms with Gasteiger partial charge in [0.05, 0.1) is 7.11 Å². The maximum absolute atomic E-state index is 15.4. The lowest BCUT2D eigenvalue weighted by molar-refractivity contribution is -0.133. The van der Waals surface area contributed by atoms with E-state index in [1.165, 1.54) is 12.0 Å². The fraction of sp³-hybridized carbons (Fsp3) is 0.385. The number of hydrogen-bond donors (Lipinski definition) is 2. The predicted molar refractivity (Wildman–Crippen MR) is 125 cm³/mol. The first-order chi connectivity index (χ1) is 16.3. The molecule has 8 heteroatoms. The zero-order valence-corrected chi connectivity index (χ0v) is 19.5. The molecule has 5 rings (SSSR count). The number of urea groups is 1. The lowest BCUT2D eigenvalue weighted by Crippen LogP contribution is -2.53. The van der Waals surface area contributed by atoms with Crippen LogP contribution < -0.4 is 4.74 Å². The molecule has 178 valence electrons. The summed E-state index contributed by atoms with van der Waals surface area (Å²) in [6, 6.07) is 8.88. The van der Waals surface area contributed by atoms with Gasteiger partial charge in [0.2, 0.25) is 0 Å². The second-order valence-electron chi connectivity index (χ2n) is 9.29. The molecule has 3 heterocycles. The SMILES string of the molecule is CCCCCN1C(=O)N2[C@H](c3cccc(O)c3)c3[nH]c4ccc(OC)c(F)c4c3C[C@@]2(C)C1=O. The van der Waals surface area contributed by atoms with Gasteiger partial charge in [-0.3, -0.25) is 14.6 Å². The Morgan fingerprint density at radius 3 is 2.74 bits per heavy atom. The molecule has 1 saturated heterocycles. The third kappa shape index (κ3) is 3.08. The minimum atomic E-state index is -1.18. The molecule has 0 spiro atoms. The van der Waals surface area contributed by atoms with Crippen molar-refractivity contribution in [3.8, 4) is 11.5 Å². The molecule has 0 saturated carbocycles. The Bertz CT molecular complexity index is 1300. The molecule has 2 aliphatic rings. The molecule has 0 aliphatic carbocycles. The summed E-state index contributed by atoms with van der Waals surface area (Å²) in [4.78, 5) is 33.6. The minimum Gasteiger partial charge on any atom is -0.508 e. The number of H-pyrrole nitrogens is 1. The molecule has 0 bridgehead atoms. The Hall–Kier alpha value is -3.55. The number of phenolic OH excluding ortho intramolecular Hbond substituents is 1. The average Bonchev–Trinajstić information content (AvgIpc) is 3.26. The van der Waals surface area contributed by atoms with Gasteiger partial charge in [0.1, 0.15) is 17.3 Å². The number of hydrogen-bond acceptors (Lipinski definition) is 4. The van der Waals surface area contributed by atoms with Gasteiger partial charge in [-0.15, -0.1) is 0 Å². The number of halogens is 1. The highest BCUT2D eigenvalue weighted by molar-refractivity contribution is 6.08. The van der Waals surface area contributed by atoms with Gasteiger partial charge < -0.3 is 14.8 Å². The molecule has 2 aromatic carbocycles. The molecule has 1 aromatic heterocycles. The predicted octanol–water partition coefficient (Wildman–Crippen LogP) is 4.88. The van der Waals surface area contributed by atoms with Gasteiger partial charge >= 0.3 is 6.03 Å². The maximum Gasteiger partial charge on any atom is 0.328 e. The number of benzene rings is 2. The normalized spacial score (nSPS) is 21.8. The van der Waals surface area contributed by atoms with Crippen molar-refractivity contribution < 1.29 is 23.8 Å². The highest BCUT2D eigenvalue weighted by Crippen LogP contribution is 2.49. The first-order valence-corrected chi connectivity index (χ1v) is 11.6. The second-order valence-corrected chi connectivity index (χ2v) is 9.29. The number of carbonyl (C=O) groups excluding carboxylic acids is 2. The largest absolute Gasteiger partial charge is 0.508 e. The van der Waals surface area contributed by atoms with Gasteiger partial charge in [-0.05, 0) is 48.7 Å². The molecule has 7 nitrogen and oxygen atoms in total. The van der Waals surface area contributed by atoms with Crippen molar-refractivity contribution in [1.82, 2.24) is 14.8 Å². The molecule has 1 fully saturated rings. The summed E-state index contributed by atoms with van der Waals surface area (Å²) in [5.74, 6) is -0.610. The Morgan fingerprint density at radius 2 is 2.03 bits per heavy atom. The molecule has 2 N–H and O–H groups in total. The van der Waals surface area contributed by atoms with E-state index < -0.39 is 17.4 Å². The van der Waals surface area contributed by atoms with E-state index in [9.17, 15) is 14.7 Å². The molecule has 3 aromatic rings. The number of aromatic hydroxyl groups is 1. The fourth-order valence-corrected chi connectivity index (χ4v) is 5.47. The van der Waals surface area contributed by atoms with E-state index in [1.54, 1.807) is 48.2 Å². The number of fused-ring (bicyclic) bond motifs is 4. The number of amides is 3. The number of methoxy groups -OCH3 is 1. The number of rotatable bonds is 6. The molecular weight excluding hydrogens is 437 g/mol. The van der Waals surface area contributed by atoms with Crippen molar-refractivity contribution in [2.45, 2.75) is 51.1 Å². The zero-order chi connectivity index (χ0) is 24.2. The monoisotopic (exact) mass is 465 g/mol. The Labute approximate surface area is 197 Å². The average molecular weight is 466 g/mol. The van der Waals surface area contributed by atoms with E-state index in [-0.39, 0.29) is 29.9 Å². The number of aromatic nitrogens is 1. The van der Waals surface area contributed by atoms with E-state index in [0.29, 0.717) is 34.3 Å². The number of ether oxygens (including phenoxy) is 1. The van der Waals surface area contributed by atoms with Gasteiger partial charge in [-0.1, -0.05) is 31.9 Å². The van der Waals surface area contributed by atoms with Gasteiger partial charge in [0.15, 0.2) is 11.6 Å². The van der Waals surface area contributed by atoms with Crippen LogP contribution in [0.2, 0.25) is 0 Å². The maximum atomic E-state index is 15.4. The summed E-state index contributed by atoms with van der Waals surface area (Å²) in [5, 5.41) is 10.6. The first kappa shape index (κ1) is 22.3. The molecule has 0 radical (unpaired) electrons. The van der Waals surface area contributed by atoms with Gasteiger partial charge in [-0.25, -0.2) is 9.18 Å². The van der Waals surface area contributed by atoms with Crippen LogP contribution in [-0.2, 0) is 11.2 Å². The molecular formula is C26H28FN3O4. The van der Waals surface area contributed by atoms with E-state index in [1.807, 2.05) is 0 Å². The molecule has 0 unspecified atom stereocenters. The standard InChI is InChI=1S/C26H28FN3O4/c1-4-5-6-12-29-24(32)26(2)14-17-20-18(10-11-19(34-3)21(20)27)28-22(17)23(30(26)25(29)33)15-8-7-9-16(31)13-15/h7-11,13,23,28,31H,4-6,12,14H2,1-3H3/t23-,26+/m1/s1. The molecule has 2 atom stereocenters. The fourth-order valence-electron chi connectivity index (χ4n) is 5.47. The number of nitrogens with zero attached hydrogens (tertiary/aromatic N) is 2. The van der Waals surface area contributed by atoms with Gasteiger partial charge in [0.25, 0.3) is 5.91 Å². The Morgan fingerprint density at radius 1 is 1.24 bits per heavy atom. The summed E-state index contributed by atoms with van der Waals surface area (Å²) in [6.45, 7) is 4.17. The lowest BCUT2D eigenvalue weighted by Gasteiger charge is -2.42. The molecule has 34 heavy (non-hydrogen) atoms. The van der Waals surface area contributed by atoms with Crippen LogP contribution in [0.15, 0.2) is 36.4 Å².